The lowest BCUT2D eigenvalue weighted by atomic mass is 10.2. The van der Waals surface area contributed by atoms with Crippen LogP contribution in [0.5, 0.6) is 0 Å². The summed E-state index contributed by atoms with van der Waals surface area (Å²) < 4.78 is 0. The zero-order valence-electron chi connectivity index (χ0n) is 7.66. The Hall–Kier alpha value is -0.580. The van der Waals surface area contributed by atoms with Crippen LogP contribution in [0.25, 0.3) is 0 Å². The standard InChI is InChI=1S/C9H12N2OS.ClH/c12-9(8-2-1-5-13-8)11-7-3-4-10-6-7;/h1-2,5,7,10H,3-4,6H2,(H,11,12);1H. The van der Waals surface area contributed by atoms with Crippen molar-refractivity contribution in [2.75, 3.05) is 13.1 Å². The summed E-state index contributed by atoms with van der Waals surface area (Å²) in [5.41, 5.74) is 0. The Morgan fingerprint density at radius 1 is 1.64 bits per heavy atom. The number of amides is 1. The van der Waals surface area contributed by atoms with Crippen LogP contribution in [-0.2, 0) is 0 Å². The van der Waals surface area contributed by atoms with Gasteiger partial charge in [0.25, 0.3) is 5.91 Å². The molecule has 1 amide bonds. The fraction of sp³-hybridized carbons (Fsp3) is 0.444. The van der Waals surface area contributed by atoms with E-state index in [1.165, 1.54) is 11.3 Å². The first-order chi connectivity index (χ1) is 6.36. The van der Waals surface area contributed by atoms with E-state index in [4.69, 9.17) is 0 Å². The zero-order valence-corrected chi connectivity index (χ0v) is 9.29. The normalized spacial score (nSPS) is 20.1. The summed E-state index contributed by atoms with van der Waals surface area (Å²) in [5.74, 6) is 0.0590. The van der Waals surface area contributed by atoms with Crippen molar-refractivity contribution in [3.05, 3.63) is 22.4 Å². The van der Waals surface area contributed by atoms with E-state index in [-0.39, 0.29) is 18.3 Å². The molecular weight excluding hydrogens is 220 g/mol. The van der Waals surface area contributed by atoms with Crippen molar-refractivity contribution in [3.63, 3.8) is 0 Å². The smallest absolute Gasteiger partial charge is 0.261 e. The Labute approximate surface area is 93.3 Å². The van der Waals surface area contributed by atoms with Gasteiger partial charge in [-0.3, -0.25) is 4.79 Å². The van der Waals surface area contributed by atoms with Crippen LogP contribution < -0.4 is 10.6 Å². The van der Waals surface area contributed by atoms with Gasteiger partial charge in [-0.25, -0.2) is 0 Å². The van der Waals surface area contributed by atoms with Gasteiger partial charge in [0.15, 0.2) is 0 Å². The van der Waals surface area contributed by atoms with Crippen molar-refractivity contribution in [1.82, 2.24) is 10.6 Å². The van der Waals surface area contributed by atoms with Crippen molar-refractivity contribution < 1.29 is 4.79 Å². The molecule has 5 heteroatoms. The predicted molar refractivity (Wildman–Crippen MR) is 60.3 cm³/mol. The lowest BCUT2D eigenvalue weighted by Gasteiger charge is -2.09. The molecule has 3 nitrogen and oxygen atoms in total. The molecule has 14 heavy (non-hydrogen) atoms. The van der Waals surface area contributed by atoms with Crippen LogP contribution in [0.15, 0.2) is 17.5 Å². The number of carbonyl (C=O) groups is 1. The van der Waals surface area contributed by atoms with Crippen molar-refractivity contribution >= 4 is 29.7 Å². The largest absolute Gasteiger partial charge is 0.347 e. The van der Waals surface area contributed by atoms with Gasteiger partial charge < -0.3 is 10.6 Å². The highest BCUT2D eigenvalue weighted by Crippen LogP contribution is 2.09. The van der Waals surface area contributed by atoms with E-state index in [9.17, 15) is 4.79 Å². The molecule has 78 valence electrons. The summed E-state index contributed by atoms with van der Waals surface area (Å²) in [4.78, 5) is 12.3. The zero-order chi connectivity index (χ0) is 9.10. The summed E-state index contributed by atoms with van der Waals surface area (Å²) in [6, 6.07) is 4.06. The molecule has 0 bridgehead atoms. The van der Waals surface area contributed by atoms with Crippen LogP contribution in [0, 0.1) is 0 Å². The predicted octanol–water partition coefficient (Wildman–Crippen LogP) is 1.26. The molecule has 1 unspecified atom stereocenters. The van der Waals surface area contributed by atoms with Crippen LogP contribution in [0.3, 0.4) is 0 Å². The highest BCUT2D eigenvalue weighted by molar-refractivity contribution is 7.12. The van der Waals surface area contributed by atoms with E-state index < -0.39 is 0 Å². The first-order valence-corrected chi connectivity index (χ1v) is 5.29. The van der Waals surface area contributed by atoms with Gasteiger partial charge in [0.05, 0.1) is 4.88 Å². The Balaban J connectivity index is 0.000000980. The lowest BCUT2D eigenvalue weighted by molar-refractivity contribution is 0.0944. The molecule has 0 spiro atoms. The second-order valence-corrected chi connectivity index (χ2v) is 4.09. The minimum atomic E-state index is 0. The summed E-state index contributed by atoms with van der Waals surface area (Å²) in [6.45, 7) is 1.91. The molecular formula is C9H13ClN2OS. The van der Waals surface area contributed by atoms with E-state index >= 15 is 0 Å². The van der Waals surface area contributed by atoms with Gasteiger partial charge in [0, 0.05) is 12.6 Å². The van der Waals surface area contributed by atoms with Crippen molar-refractivity contribution in [3.8, 4) is 0 Å². The fourth-order valence-corrected chi connectivity index (χ4v) is 2.07. The van der Waals surface area contributed by atoms with Crippen LogP contribution in [0.2, 0.25) is 0 Å². The van der Waals surface area contributed by atoms with Gasteiger partial charge in [-0.05, 0) is 24.4 Å². The lowest BCUT2D eigenvalue weighted by Crippen LogP contribution is -2.35. The molecule has 0 aliphatic carbocycles. The number of rotatable bonds is 2. The van der Waals surface area contributed by atoms with Crippen molar-refractivity contribution in [1.29, 1.82) is 0 Å². The Morgan fingerprint density at radius 2 is 2.50 bits per heavy atom. The van der Waals surface area contributed by atoms with Crippen LogP contribution >= 0.6 is 23.7 Å². The fourth-order valence-electron chi connectivity index (χ4n) is 1.44. The van der Waals surface area contributed by atoms with Crippen molar-refractivity contribution in [2.24, 2.45) is 0 Å². The summed E-state index contributed by atoms with van der Waals surface area (Å²) in [7, 11) is 0. The maximum atomic E-state index is 11.5. The third kappa shape index (κ3) is 2.70. The van der Waals surface area contributed by atoms with E-state index in [0.29, 0.717) is 6.04 Å². The van der Waals surface area contributed by atoms with Gasteiger partial charge in [-0.15, -0.1) is 23.7 Å². The third-order valence-electron chi connectivity index (χ3n) is 2.14. The minimum absolute atomic E-state index is 0. The molecule has 1 aromatic heterocycles. The molecule has 1 aliphatic heterocycles. The van der Waals surface area contributed by atoms with E-state index in [1.54, 1.807) is 0 Å². The molecule has 0 radical (unpaired) electrons. The van der Waals surface area contributed by atoms with Crippen LogP contribution in [0.1, 0.15) is 16.1 Å². The highest BCUT2D eigenvalue weighted by Gasteiger charge is 2.17. The Kier molecular flexibility index (Phi) is 4.38. The maximum absolute atomic E-state index is 11.5. The summed E-state index contributed by atoms with van der Waals surface area (Å²) in [5, 5.41) is 8.12. The van der Waals surface area contributed by atoms with Gasteiger partial charge >= 0.3 is 0 Å². The molecule has 1 aliphatic rings. The first-order valence-electron chi connectivity index (χ1n) is 4.41. The van der Waals surface area contributed by atoms with Gasteiger partial charge in [0.1, 0.15) is 0 Å². The molecule has 2 heterocycles. The SMILES string of the molecule is Cl.O=C(NC1CCNC1)c1cccs1. The Bertz CT molecular complexity index is 283. The van der Waals surface area contributed by atoms with Crippen LogP contribution in [-0.4, -0.2) is 25.0 Å². The molecule has 2 N–H and O–H groups in total. The van der Waals surface area contributed by atoms with E-state index in [1.807, 2.05) is 17.5 Å². The molecule has 1 saturated heterocycles. The first kappa shape index (κ1) is 11.5. The van der Waals surface area contributed by atoms with Crippen molar-refractivity contribution in [2.45, 2.75) is 12.5 Å². The van der Waals surface area contributed by atoms with Gasteiger partial charge in [-0.1, -0.05) is 6.07 Å². The second kappa shape index (κ2) is 5.34. The molecule has 1 aromatic rings. The van der Waals surface area contributed by atoms with Crippen LogP contribution in [0.4, 0.5) is 0 Å². The average molecular weight is 233 g/mol. The number of carbonyl (C=O) groups excluding carboxylic acids is 1. The monoisotopic (exact) mass is 232 g/mol. The minimum Gasteiger partial charge on any atom is -0.347 e. The number of hydrogen-bond donors (Lipinski definition) is 2. The van der Waals surface area contributed by atoms with Gasteiger partial charge in [-0.2, -0.15) is 0 Å². The average Bonchev–Trinajstić information content (AvgIpc) is 2.74. The molecule has 0 saturated carbocycles. The van der Waals surface area contributed by atoms with Gasteiger partial charge in [0.2, 0.25) is 0 Å². The molecule has 0 aromatic carbocycles. The molecule has 1 fully saturated rings. The quantitative estimate of drug-likeness (QED) is 0.806. The number of halogens is 1. The molecule has 2 rings (SSSR count). The summed E-state index contributed by atoms with van der Waals surface area (Å²) >= 11 is 1.48. The Morgan fingerprint density at radius 3 is 3.07 bits per heavy atom. The number of hydrogen-bond acceptors (Lipinski definition) is 3. The highest BCUT2D eigenvalue weighted by atomic mass is 35.5. The van der Waals surface area contributed by atoms with E-state index in [0.717, 1.165) is 24.4 Å². The number of nitrogens with one attached hydrogen (secondary N) is 2. The molecule has 1 atom stereocenters. The number of thiophene rings is 1. The second-order valence-electron chi connectivity index (χ2n) is 3.14. The summed E-state index contributed by atoms with van der Waals surface area (Å²) in [6.07, 6.45) is 1.04. The van der Waals surface area contributed by atoms with E-state index in [2.05, 4.69) is 10.6 Å². The maximum Gasteiger partial charge on any atom is 0.261 e. The topological polar surface area (TPSA) is 41.1 Å². The third-order valence-corrected chi connectivity index (χ3v) is 3.01.